The molecule has 71 valence electrons. The summed E-state index contributed by atoms with van der Waals surface area (Å²) in [6.07, 6.45) is -4.69. The van der Waals surface area contributed by atoms with Crippen LogP contribution in [0.15, 0.2) is 21.1 Å². The Morgan fingerprint density at radius 2 is 1.92 bits per heavy atom. The molecule has 0 aliphatic rings. The number of benzene rings is 1. The summed E-state index contributed by atoms with van der Waals surface area (Å²) < 4.78 is 39.7. The molecule has 0 N–H and O–H groups in total. The maximum Gasteiger partial charge on any atom is 0.573 e. The fourth-order valence-electron chi connectivity index (χ4n) is 0.626. The lowest BCUT2D eigenvalue weighted by Gasteiger charge is -2.09. The highest BCUT2D eigenvalue weighted by Crippen LogP contribution is 2.31. The predicted octanol–water partition coefficient (Wildman–Crippen LogP) is 3.91. The van der Waals surface area contributed by atoms with Gasteiger partial charge in [0.15, 0.2) is 5.75 Å². The summed E-state index contributed by atoms with van der Waals surface area (Å²) >= 11 is 5.99. The Bertz CT molecular complexity index is 311. The van der Waals surface area contributed by atoms with Crippen molar-refractivity contribution in [3.8, 4) is 5.75 Å². The van der Waals surface area contributed by atoms with E-state index in [9.17, 15) is 13.2 Å². The summed E-state index contributed by atoms with van der Waals surface area (Å²) in [5, 5.41) is 0. The van der Waals surface area contributed by atoms with E-state index in [-0.39, 0.29) is 10.2 Å². The van der Waals surface area contributed by atoms with E-state index >= 15 is 0 Å². The molecule has 0 saturated heterocycles. The quantitative estimate of drug-likeness (QED) is 0.763. The van der Waals surface area contributed by atoms with Crippen molar-refractivity contribution in [2.45, 2.75) is 6.36 Å². The molecule has 0 unspecified atom stereocenters. The maximum atomic E-state index is 11.7. The highest BCUT2D eigenvalue weighted by atomic mass is 79.9. The van der Waals surface area contributed by atoms with E-state index in [2.05, 4.69) is 42.7 Å². The predicted molar refractivity (Wildman–Crippen MR) is 47.4 cm³/mol. The van der Waals surface area contributed by atoms with Gasteiger partial charge in [-0.3, -0.25) is 0 Å². The van der Waals surface area contributed by atoms with Crippen LogP contribution in [-0.4, -0.2) is 6.36 Å². The Hall–Kier alpha value is -0.230. The molecule has 1 aromatic carbocycles. The topological polar surface area (TPSA) is 9.23 Å². The van der Waals surface area contributed by atoms with Gasteiger partial charge in [0.1, 0.15) is 0 Å². The van der Waals surface area contributed by atoms with Crippen LogP contribution >= 0.6 is 31.9 Å². The van der Waals surface area contributed by atoms with Crippen LogP contribution in [0.2, 0.25) is 0 Å². The number of ether oxygens (including phenoxy) is 1. The van der Waals surface area contributed by atoms with E-state index in [0.29, 0.717) is 4.47 Å². The number of hydrogen-bond acceptors (Lipinski definition) is 1. The van der Waals surface area contributed by atoms with Crippen LogP contribution in [0, 0.1) is 6.07 Å². The van der Waals surface area contributed by atoms with Gasteiger partial charge in [-0.1, -0.05) is 15.9 Å². The maximum absolute atomic E-state index is 11.7. The van der Waals surface area contributed by atoms with Gasteiger partial charge in [-0.15, -0.1) is 13.2 Å². The average molecular weight is 319 g/mol. The Balaban J connectivity index is 2.90. The fourth-order valence-corrected chi connectivity index (χ4v) is 1.72. The number of rotatable bonds is 1. The number of alkyl halides is 3. The summed E-state index contributed by atoms with van der Waals surface area (Å²) in [5.41, 5.74) is 0. The third-order valence-electron chi connectivity index (χ3n) is 1.04. The Morgan fingerprint density at radius 3 is 2.38 bits per heavy atom. The molecular formula is C7H2Br2F3O. The summed E-state index contributed by atoms with van der Waals surface area (Å²) in [5.74, 6) is -0.379. The summed E-state index contributed by atoms with van der Waals surface area (Å²) in [7, 11) is 0. The highest BCUT2D eigenvalue weighted by Gasteiger charge is 2.31. The molecule has 1 nitrogen and oxygen atoms in total. The zero-order valence-corrected chi connectivity index (χ0v) is 9.12. The van der Waals surface area contributed by atoms with Gasteiger partial charge in [0.2, 0.25) is 0 Å². The normalized spacial score (nSPS) is 11.5. The smallest absolute Gasteiger partial charge is 0.404 e. The molecule has 6 heteroatoms. The highest BCUT2D eigenvalue weighted by molar-refractivity contribution is 9.11. The molecule has 0 heterocycles. The second kappa shape index (κ2) is 3.88. The minimum absolute atomic E-state index is 0.194. The average Bonchev–Trinajstić information content (AvgIpc) is 1.93. The zero-order chi connectivity index (χ0) is 10.1. The standard InChI is InChI=1S/C7H2Br2F3O/c8-4-1-2-6(5(9)3-4)13-7(10,11)12/h1,3H. The van der Waals surface area contributed by atoms with Gasteiger partial charge in [0.05, 0.1) is 4.47 Å². The first-order chi connectivity index (χ1) is 5.88. The van der Waals surface area contributed by atoms with Gasteiger partial charge in [0.25, 0.3) is 0 Å². The van der Waals surface area contributed by atoms with Crippen molar-refractivity contribution in [1.29, 1.82) is 0 Å². The van der Waals surface area contributed by atoms with Gasteiger partial charge >= 0.3 is 6.36 Å². The molecule has 0 bridgehead atoms. The van der Waals surface area contributed by atoms with Gasteiger partial charge in [-0.05, 0) is 28.1 Å². The molecule has 1 aromatic rings. The lowest BCUT2D eigenvalue weighted by Crippen LogP contribution is -2.17. The largest absolute Gasteiger partial charge is 0.573 e. The first kappa shape index (κ1) is 10.8. The molecular weight excluding hydrogens is 317 g/mol. The molecule has 0 fully saturated rings. The van der Waals surface area contributed by atoms with Crippen LogP contribution in [0.3, 0.4) is 0 Å². The third kappa shape index (κ3) is 3.56. The SMILES string of the molecule is FC(F)(F)Oc1[c]cc(Br)cc1Br. The number of halogens is 5. The van der Waals surface area contributed by atoms with Crippen molar-refractivity contribution in [3.05, 3.63) is 27.1 Å². The molecule has 0 aromatic heterocycles. The van der Waals surface area contributed by atoms with Gasteiger partial charge < -0.3 is 4.74 Å². The summed E-state index contributed by atoms with van der Waals surface area (Å²) in [6.45, 7) is 0. The van der Waals surface area contributed by atoms with E-state index < -0.39 is 6.36 Å². The minimum atomic E-state index is -4.69. The Morgan fingerprint density at radius 1 is 1.31 bits per heavy atom. The van der Waals surface area contributed by atoms with Crippen LogP contribution in [0.25, 0.3) is 0 Å². The van der Waals surface area contributed by atoms with E-state index in [4.69, 9.17) is 0 Å². The molecule has 1 rings (SSSR count). The molecule has 0 atom stereocenters. The van der Waals surface area contributed by atoms with Crippen LogP contribution in [0.1, 0.15) is 0 Å². The van der Waals surface area contributed by atoms with E-state index in [1.807, 2.05) is 0 Å². The van der Waals surface area contributed by atoms with Gasteiger partial charge in [-0.2, -0.15) is 0 Å². The lowest BCUT2D eigenvalue weighted by molar-refractivity contribution is -0.275. The number of hydrogen-bond donors (Lipinski definition) is 0. The lowest BCUT2D eigenvalue weighted by atomic mass is 10.3. The van der Waals surface area contributed by atoms with E-state index in [1.54, 1.807) is 0 Å². The molecule has 13 heavy (non-hydrogen) atoms. The van der Waals surface area contributed by atoms with Crippen molar-refractivity contribution < 1.29 is 17.9 Å². The molecule has 0 amide bonds. The summed E-state index contributed by atoms with van der Waals surface area (Å²) in [6, 6.07) is 5.11. The second-order valence-electron chi connectivity index (χ2n) is 2.04. The van der Waals surface area contributed by atoms with Crippen LogP contribution in [0.4, 0.5) is 13.2 Å². The van der Waals surface area contributed by atoms with Crippen molar-refractivity contribution in [3.63, 3.8) is 0 Å². The zero-order valence-electron chi connectivity index (χ0n) is 5.95. The van der Waals surface area contributed by atoms with Crippen LogP contribution < -0.4 is 4.74 Å². The molecule has 0 aliphatic carbocycles. The van der Waals surface area contributed by atoms with E-state index in [1.165, 1.54) is 12.1 Å². The van der Waals surface area contributed by atoms with Crippen LogP contribution in [-0.2, 0) is 0 Å². The summed E-state index contributed by atoms with van der Waals surface area (Å²) in [4.78, 5) is 0. The third-order valence-corrected chi connectivity index (χ3v) is 2.09. The van der Waals surface area contributed by atoms with Crippen molar-refractivity contribution >= 4 is 31.9 Å². The molecule has 1 radical (unpaired) electrons. The van der Waals surface area contributed by atoms with Crippen molar-refractivity contribution in [2.24, 2.45) is 0 Å². The van der Waals surface area contributed by atoms with Crippen molar-refractivity contribution in [2.75, 3.05) is 0 Å². The first-order valence-corrected chi connectivity index (χ1v) is 4.59. The molecule has 0 aliphatic heterocycles. The van der Waals surface area contributed by atoms with E-state index in [0.717, 1.165) is 0 Å². The second-order valence-corrected chi connectivity index (χ2v) is 3.81. The van der Waals surface area contributed by atoms with Crippen LogP contribution in [0.5, 0.6) is 5.75 Å². The molecule has 0 saturated carbocycles. The first-order valence-electron chi connectivity index (χ1n) is 3.01. The van der Waals surface area contributed by atoms with Gasteiger partial charge in [-0.25, -0.2) is 0 Å². The Kier molecular flexibility index (Phi) is 3.23. The minimum Gasteiger partial charge on any atom is -0.404 e. The monoisotopic (exact) mass is 317 g/mol. The fraction of sp³-hybridized carbons (Fsp3) is 0.143. The van der Waals surface area contributed by atoms with Crippen molar-refractivity contribution in [1.82, 2.24) is 0 Å². The van der Waals surface area contributed by atoms with Gasteiger partial charge in [0, 0.05) is 10.5 Å². The Labute approximate surface area is 89.1 Å². The molecule has 0 spiro atoms.